The first-order valence-corrected chi connectivity index (χ1v) is 6.07. The number of anilines is 1. The van der Waals surface area contributed by atoms with E-state index in [2.05, 4.69) is 9.71 Å². The van der Waals surface area contributed by atoms with Gasteiger partial charge in [0.1, 0.15) is 0 Å². The summed E-state index contributed by atoms with van der Waals surface area (Å²) in [5, 5.41) is 6.90. The standard InChI is InChI=1S/C6H11N3O2S2/c1-4(2)5-3-12-6(8-5)9-13(7,10)11/h3-4H,1-2H3,(H,8,9)(H2,7,10,11). The molecular weight excluding hydrogens is 210 g/mol. The molecule has 1 rings (SSSR count). The van der Waals surface area contributed by atoms with E-state index >= 15 is 0 Å². The molecule has 7 heteroatoms. The highest BCUT2D eigenvalue weighted by atomic mass is 32.2. The van der Waals surface area contributed by atoms with Crippen LogP contribution in [0.25, 0.3) is 0 Å². The summed E-state index contributed by atoms with van der Waals surface area (Å²) in [7, 11) is -3.69. The lowest BCUT2D eigenvalue weighted by Gasteiger charge is -1.98. The summed E-state index contributed by atoms with van der Waals surface area (Å²) in [5.41, 5.74) is 0.858. The molecule has 1 heterocycles. The molecule has 0 spiro atoms. The fourth-order valence-electron chi connectivity index (χ4n) is 0.720. The van der Waals surface area contributed by atoms with Crippen LogP contribution in [-0.4, -0.2) is 13.4 Å². The van der Waals surface area contributed by atoms with Crippen molar-refractivity contribution in [2.45, 2.75) is 19.8 Å². The molecule has 0 aliphatic rings. The molecule has 74 valence electrons. The lowest BCUT2D eigenvalue weighted by molar-refractivity contribution is 0.603. The lowest BCUT2D eigenvalue weighted by Crippen LogP contribution is -2.21. The maximum Gasteiger partial charge on any atom is 0.298 e. The lowest BCUT2D eigenvalue weighted by atomic mass is 10.2. The zero-order valence-electron chi connectivity index (χ0n) is 7.31. The Morgan fingerprint density at radius 3 is 2.62 bits per heavy atom. The molecule has 1 aromatic heterocycles. The van der Waals surface area contributed by atoms with Crippen molar-refractivity contribution in [2.24, 2.45) is 5.14 Å². The number of nitrogens with zero attached hydrogens (tertiary/aromatic N) is 1. The molecule has 0 aliphatic heterocycles. The van der Waals surface area contributed by atoms with E-state index in [1.165, 1.54) is 11.3 Å². The number of hydrogen-bond acceptors (Lipinski definition) is 4. The van der Waals surface area contributed by atoms with Crippen molar-refractivity contribution in [3.63, 3.8) is 0 Å². The van der Waals surface area contributed by atoms with Crippen molar-refractivity contribution < 1.29 is 8.42 Å². The van der Waals surface area contributed by atoms with Crippen LogP contribution in [0, 0.1) is 0 Å². The Kier molecular flexibility index (Phi) is 2.89. The van der Waals surface area contributed by atoms with Gasteiger partial charge in [-0.3, -0.25) is 0 Å². The topological polar surface area (TPSA) is 85.1 Å². The Morgan fingerprint density at radius 1 is 1.62 bits per heavy atom. The van der Waals surface area contributed by atoms with Crippen molar-refractivity contribution in [3.05, 3.63) is 11.1 Å². The number of hydrogen-bond donors (Lipinski definition) is 2. The van der Waals surface area contributed by atoms with Crippen molar-refractivity contribution in [3.8, 4) is 0 Å². The molecule has 0 radical (unpaired) electrons. The number of nitrogens with two attached hydrogens (primary N) is 1. The molecule has 3 N–H and O–H groups in total. The Bertz CT molecular complexity index is 382. The van der Waals surface area contributed by atoms with Crippen LogP contribution >= 0.6 is 11.3 Å². The Morgan fingerprint density at radius 2 is 2.23 bits per heavy atom. The van der Waals surface area contributed by atoms with Crippen molar-refractivity contribution in [2.75, 3.05) is 4.72 Å². The van der Waals surface area contributed by atoms with Gasteiger partial charge in [0.2, 0.25) is 0 Å². The summed E-state index contributed by atoms with van der Waals surface area (Å²) in [6, 6.07) is 0. The van der Waals surface area contributed by atoms with E-state index in [0.717, 1.165) is 5.69 Å². The van der Waals surface area contributed by atoms with Crippen LogP contribution in [0.15, 0.2) is 5.38 Å². The van der Waals surface area contributed by atoms with Crippen molar-refractivity contribution in [1.29, 1.82) is 0 Å². The van der Waals surface area contributed by atoms with E-state index in [-0.39, 0.29) is 5.92 Å². The van der Waals surface area contributed by atoms with Crippen molar-refractivity contribution in [1.82, 2.24) is 4.98 Å². The fraction of sp³-hybridized carbons (Fsp3) is 0.500. The number of aromatic nitrogens is 1. The summed E-state index contributed by atoms with van der Waals surface area (Å²) in [6.07, 6.45) is 0. The van der Waals surface area contributed by atoms with Gasteiger partial charge in [0.25, 0.3) is 10.2 Å². The molecule has 0 saturated carbocycles. The summed E-state index contributed by atoms with van der Waals surface area (Å²) in [5.74, 6) is 0.285. The summed E-state index contributed by atoms with van der Waals surface area (Å²) >= 11 is 1.22. The fourth-order valence-corrected chi connectivity index (χ4v) is 2.27. The minimum absolute atomic E-state index is 0.285. The average molecular weight is 221 g/mol. The Labute approximate surface area is 81.2 Å². The quantitative estimate of drug-likeness (QED) is 0.794. The summed E-state index contributed by atoms with van der Waals surface area (Å²) < 4.78 is 23.3. The van der Waals surface area contributed by atoms with Crippen LogP contribution in [0.1, 0.15) is 25.5 Å². The van der Waals surface area contributed by atoms with Gasteiger partial charge in [-0.15, -0.1) is 11.3 Å². The third kappa shape index (κ3) is 3.29. The summed E-state index contributed by atoms with van der Waals surface area (Å²) in [4.78, 5) is 4.04. The minimum atomic E-state index is -3.69. The van der Waals surface area contributed by atoms with Gasteiger partial charge in [0, 0.05) is 5.38 Å². The summed E-state index contributed by atoms with van der Waals surface area (Å²) in [6.45, 7) is 3.96. The van der Waals surface area contributed by atoms with Gasteiger partial charge < -0.3 is 0 Å². The monoisotopic (exact) mass is 221 g/mol. The zero-order chi connectivity index (χ0) is 10.1. The second-order valence-corrected chi connectivity index (χ2v) is 5.03. The Balaban J connectivity index is 2.81. The van der Waals surface area contributed by atoms with E-state index in [0.29, 0.717) is 5.13 Å². The number of thiazole rings is 1. The second-order valence-electron chi connectivity index (χ2n) is 2.88. The third-order valence-electron chi connectivity index (χ3n) is 1.34. The molecule has 0 amide bonds. The molecular formula is C6H11N3O2S2. The van der Waals surface area contributed by atoms with Crippen LogP contribution in [0.3, 0.4) is 0 Å². The molecule has 1 aromatic rings. The maximum absolute atomic E-state index is 10.6. The van der Waals surface area contributed by atoms with Gasteiger partial charge in [0.05, 0.1) is 5.69 Å². The third-order valence-corrected chi connectivity index (χ3v) is 2.73. The van der Waals surface area contributed by atoms with Gasteiger partial charge in [-0.1, -0.05) is 13.8 Å². The zero-order valence-corrected chi connectivity index (χ0v) is 8.95. The molecule has 0 fully saturated rings. The molecule has 0 bridgehead atoms. The van der Waals surface area contributed by atoms with E-state index in [4.69, 9.17) is 5.14 Å². The molecule has 0 atom stereocenters. The van der Waals surface area contributed by atoms with E-state index in [1.807, 2.05) is 13.8 Å². The van der Waals surface area contributed by atoms with Gasteiger partial charge in [-0.05, 0) is 5.92 Å². The van der Waals surface area contributed by atoms with Gasteiger partial charge in [0.15, 0.2) is 5.13 Å². The molecule has 0 saturated heterocycles. The predicted molar refractivity (Wildman–Crippen MR) is 52.9 cm³/mol. The van der Waals surface area contributed by atoms with Crippen LogP contribution in [-0.2, 0) is 10.2 Å². The molecule has 0 unspecified atom stereocenters. The van der Waals surface area contributed by atoms with Crippen LogP contribution in [0.4, 0.5) is 5.13 Å². The molecule has 5 nitrogen and oxygen atoms in total. The van der Waals surface area contributed by atoms with Gasteiger partial charge in [-0.2, -0.15) is 8.42 Å². The largest absolute Gasteiger partial charge is 0.298 e. The normalized spacial score (nSPS) is 12.0. The predicted octanol–water partition coefficient (Wildman–Crippen LogP) is 0.882. The highest BCUT2D eigenvalue weighted by Gasteiger charge is 2.08. The van der Waals surface area contributed by atoms with Gasteiger partial charge in [-0.25, -0.2) is 14.8 Å². The minimum Gasteiger partial charge on any atom is -0.246 e. The molecule has 13 heavy (non-hydrogen) atoms. The SMILES string of the molecule is CC(C)c1csc(NS(N)(=O)=O)n1. The molecule has 0 aliphatic carbocycles. The van der Waals surface area contributed by atoms with E-state index in [1.54, 1.807) is 5.38 Å². The maximum atomic E-state index is 10.6. The van der Waals surface area contributed by atoms with Crippen LogP contribution in [0.5, 0.6) is 0 Å². The number of rotatable bonds is 3. The van der Waals surface area contributed by atoms with E-state index < -0.39 is 10.2 Å². The first kappa shape index (κ1) is 10.4. The average Bonchev–Trinajstić information content (AvgIpc) is 2.31. The first-order valence-electron chi connectivity index (χ1n) is 3.64. The highest BCUT2D eigenvalue weighted by molar-refractivity contribution is 7.90. The van der Waals surface area contributed by atoms with Gasteiger partial charge >= 0.3 is 0 Å². The Hall–Kier alpha value is -0.660. The van der Waals surface area contributed by atoms with Crippen LogP contribution in [0.2, 0.25) is 0 Å². The number of nitrogens with one attached hydrogen (secondary N) is 1. The highest BCUT2D eigenvalue weighted by Crippen LogP contribution is 2.21. The van der Waals surface area contributed by atoms with Crippen molar-refractivity contribution >= 4 is 26.7 Å². The van der Waals surface area contributed by atoms with Crippen LogP contribution < -0.4 is 9.86 Å². The first-order chi connectivity index (χ1) is 5.88. The van der Waals surface area contributed by atoms with E-state index in [9.17, 15) is 8.42 Å². The molecule has 0 aromatic carbocycles. The smallest absolute Gasteiger partial charge is 0.246 e. The second kappa shape index (κ2) is 3.60.